The lowest BCUT2D eigenvalue weighted by molar-refractivity contribution is -0.126. The summed E-state index contributed by atoms with van der Waals surface area (Å²) < 4.78 is 12.5. The van der Waals surface area contributed by atoms with E-state index in [0.717, 1.165) is 19.4 Å². The van der Waals surface area contributed by atoms with Crippen LogP contribution in [0.3, 0.4) is 0 Å². The van der Waals surface area contributed by atoms with Crippen molar-refractivity contribution in [1.82, 2.24) is 9.80 Å². The summed E-state index contributed by atoms with van der Waals surface area (Å²) >= 11 is 0. The van der Waals surface area contributed by atoms with Crippen LogP contribution >= 0.6 is 0 Å². The summed E-state index contributed by atoms with van der Waals surface area (Å²) in [6.07, 6.45) is 2.00. The first kappa shape index (κ1) is 13.0. The number of alkyl halides is 1. The largest absolute Gasteiger partial charge is 0.335 e. The van der Waals surface area contributed by atoms with E-state index in [2.05, 4.69) is 16.7 Å². The second-order valence-electron chi connectivity index (χ2n) is 4.15. The zero-order valence-corrected chi connectivity index (χ0v) is 10.0. The molecule has 0 aromatic carbocycles. The zero-order valence-electron chi connectivity index (χ0n) is 10.0. The van der Waals surface area contributed by atoms with Crippen LogP contribution in [-0.4, -0.2) is 55.1 Å². The van der Waals surface area contributed by atoms with E-state index in [-0.39, 0.29) is 18.6 Å². The molecule has 1 fully saturated rings. The number of halogens is 1. The SMILES string of the molecule is CC(=O)N(C)CC#CCN1CCC[C@H]1CF. The Bertz CT molecular complexity index is 295. The molecule has 1 saturated heterocycles. The number of hydrogen-bond donors (Lipinski definition) is 0. The van der Waals surface area contributed by atoms with Crippen LogP contribution in [0.2, 0.25) is 0 Å². The first-order valence-corrected chi connectivity index (χ1v) is 5.62. The number of likely N-dealkylation sites (tertiary alicyclic amines) is 1. The first-order valence-electron chi connectivity index (χ1n) is 5.62. The molecule has 1 atom stereocenters. The smallest absolute Gasteiger partial charge is 0.219 e. The molecule has 1 heterocycles. The van der Waals surface area contributed by atoms with E-state index >= 15 is 0 Å². The molecule has 90 valence electrons. The van der Waals surface area contributed by atoms with Gasteiger partial charge in [-0.15, -0.1) is 0 Å². The molecule has 0 saturated carbocycles. The standard InChI is InChI=1S/C12H19FN2O/c1-11(16)14(2)7-3-4-8-15-9-5-6-12(15)10-13/h12H,5-10H2,1-2H3/t12-/m0/s1. The molecule has 3 nitrogen and oxygen atoms in total. The second kappa shape index (κ2) is 6.49. The molecular weight excluding hydrogens is 207 g/mol. The molecule has 1 aliphatic rings. The van der Waals surface area contributed by atoms with Gasteiger partial charge in [-0.1, -0.05) is 11.8 Å². The lowest BCUT2D eigenvalue weighted by Gasteiger charge is -2.18. The average molecular weight is 226 g/mol. The molecule has 1 amide bonds. The van der Waals surface area contributed by atoms with E-state index in [0.29, 0.717) is 13.1 Å². The Hall–Kier alpha value is -1.08. The van der Waals surface area contributed by atoms with Crippen molar-refractivity contribution >= 4 is 5.91 Å². The molecule has 1 rings (SSSR count). The molecule has 16 heavy (non-hydrogen) atoms. The summed E-state index contributed by atoms with van der Waals surface area (Å²) in [4.78, 5) is 14.5. The molecule has 0 unspecified atom stereocenters. The van der Waals surface area contributed by atoms with Crippen molar-refractivity contribution in [2.45, 2.75) is 25.8 Å². The molecular formula is C12H19FN2O. The monoisotopic (exact) mass is 226 g/mol. The maximum Gasteiger partial charge on any atom is 0.219 e. The van der Waals surface area contributed by atoms with E-state index in [1.807, 2.05) is 0 Å². The van der Waals surface area contributed by atoms with Gasteiger partial charge < -0.3 is 4.90 Å². The second-order valence-corrected chi connectivity index (χ2v) is 4.15. The highest BCUT2D eigenvalue weighted by molar-refractivity contribution is 5.73. The number of rotatable bonds is 3. The van der Waals surface area contributed by atoms with Gasteiger partial charge in [0.15, 0.2) is 0 Å². The number of carbonyl (C=O) groups is 1. The van der Waals surface area contributed by atoms with Crippen LogP contribution in [0.4, 0.5) is 4.39 Å². The van der Waals surface area contributed by atoms with Gasteiger partial charge in [0.05, 0.1) is 13.1 Å². The van der Waals surface area contributed by atoms with Crippen molar-refractivity contribution in [3.05, 3.63) is 0 Å². The zero-order chi connectivity index (χ0) is 12.0. The van der Waals surface area contributed by atoms with E-state index in [4.69, 9.17) is 0 Å². The van der Waals surface area contributed by atoms with Crippen LogP contribution in [0.15, 0.2) is 0 Å². The minimum atomic E-state index is -0.283. The molecule has 0 aromatic heterocycles. The normalized spacial score (nSPS) is 20.3. The quantitative estimate of drug-likeness (QED) is 0.668. The molecule has 0 radical (unpaired) electrons. The van der Waals surface area contributed by atoms with E-state index in [1.54, 1.807) is 11.9 Å². The third-order valence-electron chi connectivity index (χ3n) is 2.94. The Labute approximate surface area is 96.6 Å². The van der Waals surface area contributed by atoms with Gasteiger partial charge in [-0.2, -0.15) is 0 Å². The molecule has 0 aromatic rings. The van der Waals surface area contributed by atoms with Crippen molar-refractivity contribution in [3.8, 4) is 11.8 Å². The maximum absolute atomic E-state index is 12.5. The van der Waals surface area contributed by atoms with Gasteiger partial charge in [0, 0.05) is 20.0 Å². The van der Waals surface area contributed by atoms with Gasteiger partial charge in [0.2, 0.25) is 5.91 Å². The van der Waals surface area contributed by atoms with Gasteiger partial charge in [-0.05, 0) is 19.4 Å². The topological polar surface area (TPSA) is 23.6 Å². The fourth-order valence-corrected chi connectivity index (χ4v) is 1.72. The summed E-state index contributed by atoms with van der Waals surface area (Å²) in [5, 5.41) is 0. The van der Waals surface area contributed by atoms with Crippen molar-refractivity contribution in [1.29, 1.82) is 0 Å². The minimum Gasteiger partial charge on any atom is -0.335 e. The van der Waals surface area contributed by atoms with Gasteiger partial charge in [0.1, 0.15) is 6.67 Å². The van der Waals surface area contributed by atoms with Crippen LogP contribution in [0.25, 0.3) is 0 Å². The Balaban J connectivity index is 2.28. The van der Waals surface area contributed by atoms with Crippen molar-refractivity contribution in [2.24, 2.45) is 0 Å². The fourth-order valence-electron chi connectivity index (χ4n) is 1.72. The van der Waals surface area contributed by atoms with E-state index in [1.165, 1.54) is 6.92 Å². The Morgan fingerprint density at radius 3 is 2.94 bits per heavy atom. The predicted molar refractivity (Wildman–Crippen MR) is 61.7 cm³/mol. The van der Waals surface area contributed by atoms with Crippen molar-refractivity contribution in [2.75, 3.05) is 33.4 Å². The minimum absolute atomic E-state index is 0.0112. The molecule has 0 spiro atoms. The van der Waals surface area contributed by atoms with Crippen molar-refractivity contribution < 1.29 is 9.18 Å². The van der Waals surface area contributed by atoms with Gasteiger partial charge in [-0.3, -0.25) is 9.69 Å². The average Bonchev–Trinajstić information content (AvgIpc) is 2.71. The lowest BCUT2D eigenvalue weighted by atomic mass is 10.2. The van der Waals surface area contributed by atoms with Crippen LogP contribution in [0.5, 0.6) is 0 Å². The number of hydrogen-bond acceptors (Lipinski definition) is 2. The lowest BCUT2D eigenvalue weighted by Crippen LogP contribution is -2.31. The van der Waals surface area contributed by atoms with E-state index < -0.39 is 0 Å². The Kier molecular flexibility index (Phi) is 5.27. The maximum atomic E-state index is 12.5. The first-order chi connectivity index (χ1) is 7.65. The third-order valence-corrected chi connectivity index (χ3v) is 2.94. The summed E-state index contributed by atoms with van der Waals surface area (Å²) in [5.41, 5.74) is 0. The fraction of sp³-hybridized carbons (Fsp3) is 0.750. The van der Waals surface area contributed by atoms with Crippen LogP contribution < -0.4 is 0 Å². The van der Waals surface area contributed by atoms with Crippen molar-refractivity contribution in [3.63, 3.8) is 0 Å². The summed E-state index contributed by atoms with van der Waals surface area (Å²) in [5.74, 6) is 5.93. The summed E-state index contributed by atoms with van der Waals surface area (Å²) in [6.45, 7) is 3.23. The molecule has 4 heteroatoms. The van der Waals surface area contributed by atoms with Gasteiger partial charge >= 0.3 is 0 Å². The molecule has 0 bridgehead atoms. The Morgan fingerprint density at radius 2 is 2.31 bits per heavy atom. The highest BCUT2D eigenvalue weighted by Gasteiger charge is 2.22. The molecule has 1 aliphatic heterocycles. The Morgan fingerprint density at radius 1 is 1.56 bits per heavy atom. The van der Waals surface area contributed by atoms with Gasteiger partial charge in [-0.25, -0.2) is 4.39 Å². The third kappa shape index (κ3) is 3.82. The van der Waals surface area contributed by atoms with Crippen LogP contribution in [0, 0.1) is 11.8 Å². The molecule has 0 aliphatic carbocycles. The van der Waals surface area contributed by atoms with Crippen LogP contribution in [0.1, 0.15) is 19.8 Å². The predicted octanol–water partition coefficient (Wildman–Crippen LogP) is 0.902. The highest BCUT2D eigenvalue weighted by Crippen LogP contribution is 2.16. The summed E-state index contributed by atoms with van der Waals surface area (Å²) in [6, 6.07) is 0.0554. The van der Waals surface area contributed by atoms with Gasteiger partial charge in [0.25, 0.3) is 0 Å². The van der Waals surface area contributed by atoms with E-state index in [9.17, 15) is 9.18 Å². The summed E-state index contributed by atoms with van der Waals surface area (Å²) in [7, 11) is 1.72. The van der Waals surface area contributed by atoms with Crippen LogP contribution in [-0.2, 0) is 4.79 Å². The highest BCUT2D eigenvalue weighted by atomic mass is 19.1. The number of carbonyl (C=O) groups excluding carboxylic acids is 1. The molecule has 0 N–H and O–H groups in total. The number of nitrogens with zero attached hydrogens (tertiary/aromatic N) is 2. The number of amides is 1.